The van der Waals surface area contributed by atoms with Crippen LogP contribution in [0.4, 0.5) is 0 Å². The van der Waals surface area contributed by atoms with Crippen LogP contribution in [0.2, 0.25) is 0 Å². The number of benzene rings is 1. The molecule has 4 heteroatoms. The zero-order valence-electron chi connectivity index (χ0n) is 12.4. The van der Waals surface area contributed by atoms with Gasteiger partial charge in [-0.25, -0.2) is 9.97 Å². The van der Waals surface area contributed by atoms with Crippen LogP contribution in [0.1, 0.15) is 47.9 Å². The monoisotopic (exact) mass is 299 g/mol. The van der Waals surface area contributed by atoms with Crippen molar-refractivity contribution in [3.8, 4) is 0 Å². The van der Waals surface area contributed by atoms with Gasteiger partial charge in [0.1, 0.15) is 5.82 Å². The van der Waals surface area contributed by atoms with E-state index in [1.165, 1.54) is 23.3 Å². The van der Waals surface area contributed by atoms with Gasteiger partial charge in [-0.2, -0.15) is 0 Å². The third-order valence-corrected chi connectivity index (χ3v) is 4.88. The Morgan fingerprint density at radius 1 is 1.33 bits per heavy atom. The number of hydrogen-bond donors (Lipinski definition) is 1. The molecule has 1 unspecified atom stereocenters. The fourth-order valence-electron chi connectivity index (χ4n) is 2.71. The van der Waals surface area contributed by atoms with E-state index in [0.717, 1.165) is 35.7 Å². The molecule has 0 saturated carbocycles. The average molecular weight is 299 g/mol. The molecule has 0 spiro atoms. The van der Waals surface area contributed by atoms with E-state index in [2.05, 4.69) is 36.2 Å². The molecule has 21 heavy (non-hydrogen) atoms. The lowest BCUT2D eigenvalue weighted by Crippen LogP contribution is -2.13. The molecule has 1 atom stereocenters. The molecule has 2 N–H and O–H groups in total. The Labute approximate surface area is 130 Å². The first kappa shape index (κ1) is 14.5. The fraction of sp³-hybridized carbons (Fsp3) is 0.412. The molecule has 1 aromatic heterocycles. The summed E-state index contributed by atoms with van der Waals surface area (Å²) in [7, 11) is 0. The summed E-state index contributed by atoms with van der Waals surface area (Å²) in [5, 5.41) is 0. The van der Waals surface area contributed by atoms with Crippen molar-refractivity contribution in [2.24, 2.45) is 5.73 Å². The van der Waals surface area contributed by atoms with Crippen molar-refractivity contribution in [3.05, 3.63) is 53.1 Å². The molecule has 0 saturated heterocycles. The van der Waals surface area contributed by atoms with Crippen LogP contribution in [-0.2, 0) is 12.2 Å². The van der Waals surface area contributed by atoms with Gasteiger partial charge in [0.15, 0.2) is 0 Å². The molecular weight excluding hydrogens is 278 g/mol. The van der Waals surface area contributed by atoms with E-state index in [4.69, 9.17) is 10.7 Å². The Bertz CT molecular complexity index is 627. The van der Waals surface area contributed by atoms with Crippen LogP contribution in [-0.4, -0.2) is 9.97 Å². The zero-order valence-corrected chi connectivity index (χ0v) is 13.2. The van der Waals surface area contributed by atoms with E-state index < -0.39 is 0 Å². The quantitative estimate of drug-likeness (QED) is 0.692. The van der Waals surface area contributed by atoms with Gasteiger partial charge in [-0.15, -0.1) is 11.8 Å². The number of fused-ring (bicyclic) bond motifs is 1. The lowest BCUT2D eigenvalue weighted by molar-refractivity contribution is 0.614. The van der Waals surface area contributed by atoms with Gasteiger partial charge in [-0.3, -0.25) is 0 Å². The van der Waals surface area contributed by atoms with Gasteiger partial charge in [0.25, 0.3) is 0 Å². The number of aryl methyl sites for hydroxylation is 2. The fourth-order valence-corrected chi connectivity index (χ4v) is 3.59. The predicted molar refractivity (Wildman–Crippen MR) is 87.3 cm³/mol. The average Bonchev–Trinajstić information content (AvgIpc) is 2.67. The number of nitrogens with zero attached hydrogens (tertiary/aromatic N) is 2. The lowest BCUT2D eigenvalue weighted by Gasteiger charge is -2.12. The standard InChI is InChI=1S/C17H21N3S/c1-12-5-4-6-13(9-12)21-11-17-19-10-14-15(18)7-2-3-8-16(14)20-17/h4-6,9-10,15H,2-3,7-8,11,18H2,1H3. The molecule has 2 aromatic rings. The number of nitrogens with two attached hydrogens (primary N) is 1. The highest BCUT2D eigenvalue weighted by Crippen LogP contribution is 2.27. The second-order valence-corrected chi connectivity index (χ2v) is 6.69. The molecule has 110 valence electrons. The first-order chi connectivity index (χ1) is 10.2. The minimum Gasteiger partial charge on any atom is -0.324 e. The highest BCUT2D eigenvalue weighted by molar-refractivity contribution is 7.98. The van der Waals surface area contributed by atoms with Crippen LogP contribution in [0.5, 0.6) is 0 Å². The topological polar surface area (TPSA) is 51.8 Å². The molecule has 1 aliphatic carbocycles. The van der Waals surface area contributed by atoms with E-state index in [-0.39, 0.29) is 6.04 Å². The third-order valence-electron chi connectivity index (χ3n) is 3.89. The molecule has 0 bridgehead atoms. The van der Waals surface area contributed by atoms with Crippen molar-refractivity contribution in [2.45, 2.75) is 49.3 Å². The van der Waals surface area contributed by atoms with Crippen molar-refractivity contribution in [1.82, 2.24) is 9.97 Å². The Balaban J connectivity index is 1.73. The molecule has 3 rings (SSSR count). The van der Waals surface area contributed by atoms with E-state index in [1.54, 1.807) is 11.8 Å². The number of hydrogen-bond acceptors (Lipinski definition) is 4. The van der Waals surface area contributed by atoms with Gasteiger partial charge in [-0.1, -0.05) is 24.1 Å². The summed E-state index contributed by atoms with van der Waals surface area (Å²) in [6.07, 6.45) is 6.40. The minimum absolute atomic E-state index is 0.112. The molecule has 1 aromatic carbocycles. The van der Waals surface area contributed by atoms with E-state index in [0.29, 0.717) is 0 Å². The van der Waals surface area contributed by atoms with Crippen molar-refractivity contribution in [2.75, 3.05) is 0 Å². The minimum atomic E-state index is 0.112. The van der Waals surface area contributed by atoms with Crippen LogP contribution in [0.3, 0.4) is 0 Å². The van der Waals surface area contributed by atoms with Crippen molar-refractivity contribution in [1.29, 1.82) is 0 Å². The second-order valence-electron chi connectivity index (χ2n) is 5.65. The number of aromatic nitrogens is 2. The van der Waals surface area contributed by atoms with Crippen molar-refractivity contribution < 1.29 is 0 Å². The normalized spacial score (nSPS) is 18.1. The smallest absolute Gasteiger partial charge is 0.138 e. The highest BCUT2D eigenvalue weighted by atomic mass is 32.2. The third kappa shape index (κ3) is 3.63. The molecule has 1 aliphatic rings. The Morgan fingerprint density at radius 2 is 2.24 bits per heavy atom. The summed E-state index contributed by atoms with van der Waals surface area (Å²) in [5.74, 6) is 1.72. The van der Waals surface area contributed by atoms with Gasteiger partial charge in [0.2, 0.25) is 0 Å². The second kappa shape index (κ2) is 6.58. The summed E-state index contributed by atoms with van der Waals surface area (Å²) in [6.45, 7) is 2.12. The highest BCUT2D eigenvalue weighted by Gasteiger charge is 2.17. The van der Waals surface area contributed by atoms with Crippen LogP contribution in [0.15, 0.2) is 35.4 Å². The van der Waals surface area contributed by atoms with Gasteiger partial charge in [0, 0.05) is 28.4 Å². The van der Waals surface area contributed by atoms with Crippen LogP contribution >= 0.6 is 11.8 Å². The summed E-state index contributed by atoms with van der Waals surface area (Å²) < 4.78 is 0. The van der Waals surface area contributed by atoms with Crippen molar-refractivity contribution >= 4 is 11.8 Å². The maximum absolute atomic E-state index is 6.19. The Morgan fingerprint density at radius 3 is 3.10 bits per heavy atom. The number of thioether (sulfide) groups is 1. The molecular formula is C17H21N3S. The summed E-state index contributed by atoms with van der Waals surface area (Å²) >= 11 is 1.79. The van der Waals surface area contributed by atoms with E-state index in [1.807, 2.05) is 6.20 Å². The van der Waals surface area contributed by atoms with Gasteiger partial charge in [-0.05, 0) is 38.3 Å². The molecule has 0 amide bonds. The molecule has 0 fully saturated rings. The predicted octanol–water partition coefficient (Wildman–Crippen LogP) is 3.80. The largest absolute Gasteiger partial charge is 0.324 e. The van der Waals surface area contributed by atoms with Crippen LogP contribution in [0, 0.1) is 6.92 Å². The van der Waals surface area contributed by atoms with E-state index >= 15 is 0 Å². The van der Waals surface area contributed by atoms with Gasteiger partial charge >= 0.3 is 0 Å². The molecule has 0 radical (unpaired) electrons. The van der Waals surface area contributed by atoms with Crippen molar-refractivity contribution in [3.63, 3.8) is 0 Å². The first-order valence-electron chi connectivity index (χ1n) is 7.52. The van der Waals surface area contributed by atoms with E-state index in [9.17, 15) is 0 Å². The Kier molecular flexibility index (Phi) is 4.56. The molecule has 1 heterocycles. The zero-order chi connectivity index (χ0) is 14.7. The number of rotatable bonds is 3. The maximum Gasteiger partial charge on any atom is 0.138 e. The summed E-state index contributed by atoms with van der Waals surface area (Å²) in [4.78, 5) is 10.5. The van der Waals surface area contributed by atoms with Crippen LogP contribution < -0.4 is 5.73 Å². The first-order valence-corrected chi connectivity index (χ1v) is 8.50. The Hall–Kier alpha value is -1.39. The molecule has 0 aliphatic heterocycles. The maximum atomic E-state index is 6.19. The SMILES string of the molecule is Cc1cccc(SCc2ncc3c(n2)CCCCC3N)c1. The lowest BCUT2D eigenvalue weighted by atomic mass is 10.1. The molecule has 3 nitrogen and oxygen atoms in total. The summed E-state index contributed by atoms with van der Waals surface area (Å²) in [6, 6.07) is 8.65. The van der Waals surface area contributed by atoms with Crippen LogP contribution in [0.25, 0.3) is 0 Å². The summed E-state index contributed by atoms with van der Waals surface area (Å²) in [5.41, 5.74) is 9.79. The van der Waals surface area contributed by atoms with Gasteiger partial charge in [0.05, 0.1) is 5.75 Å². The van der Waals surface area contributed by atoms with Gasteiger partial charge < -0.3 is 5.73 Å².